The number of carbonyl (C=O) groups excluding carboxylic acids is 1. The molecule has 1 amide bonds. The van der Waals surface area contributed by atoms with Crippen molar-refractivity contribution in [3.05, 3.63) is 59.9 Å². The second kappa shape index (κ2) is 11.3. The third-order valence-corrected chi connectivity index (χ3v) is 6.02. The Kier molecular flexibility index (Phi) is 7.99. The minimum absolute atomic E-state index is 0.235. The van der Waals surface area contributed by atoms with E-state index in [1.54, 1.807) is 30.3 Å². The van der Waals surface area contributed by atoms with Crippen molar-refractivity contribution in [1.29, 1.82) is 0 Å². The van der Waals surface area contributed by atoms with Crippen LogP contribution in [0.25, 0.3) is 11.0 Å². The van der Waals surface area contributed by atoms with Gasteiger partial charge in [-0.15, -0.1) is 0 Å². The molecule has 1 aliphatic heterocycles. The minimum atomic E-state index is -0.308. The van der Waals surface area contributed by atoms with Crippen molar-refractivity contribution in [3.8, 4) is 11.5 Å². The molecule has 0 aliphatic carbocycles. The number of ether oxygens (including phenoxy) is 2. The number of hydrogen-bond donors (Lipinski definition) is 3. The molecule has 1 aliphatic rings. The molecular formula is C25H29N3O5S. The molecule has 3 aromatic rings. The number of hydroxylamine groups is 1. The van der Waals surface area contributed by atoms with Crippen LogP contribution in [0.4, 0.5) is 0 Å². The van der Waals surface area contributed by atoms with Gasteiger partial charge in [0.05, 0.1) is 6.54 Å². The van der Waals surface area contributed by atoms with E-state index in [2.05, 4.69) is 10.2 Å². The Labute approximate surface area is 203 Å². The first-order valence-corrected chi connectivity index (χ1v) is 11.8. The third-order valence-electron chi connectivity index (χ3n) is 5.69. The Morgan fingerprint density at radius 3 is 2.62 bits per heavy atom. The first kappa shape index (κ1) is 24.0. The van der Waals surface area contributed by atoms with Crippen LogP contribution in [0, 0.1) is 0 Å². The number of fused-ring (bicyclic) bond motifs is 1. The molecule has 34 heavy (non-hydrogen) atoms. The van der Waals surface area contributed by atoms with E-state index in [4.69, 9.17) is 31.3 Å². The molecular weight excluding hydrogens is 454 g/mol. The van der Waals surface area contributed by atoms with Gasteiger partial charge in [-0.3, -0.25) is 20.4 Å². The summed E-state index contributed by atoms with van der Waals surface area (Å²) in [5.41, 5.74) is 3.26. The van der Waals surface area contributed by atoms with Gasteiger partial charge in [-0.1, -0.05) is 12.2 Å². The summed E-state index contributed by atoms with van der Waals surface area (Å²) in [5.74, 6) is 1.33. The normalized spacial score (nSPS) is 14.6. The molecule has 1 fully saturated rings. The summed E-state index contributed by atoms with van der Waals surface area (Å²) in [6.07, 6.45) is 2.27. The van der Waals surface area contributed by atoms with Gasteiger partial charge in [0.2, 0.25) is 0 Å². The summed E-state index contributed by atoms with van der Waals surface area (Å²) in [5, 5.41) is 12.5. The van der Waals surface area contributed by atoms with Crippen LogP contribution in [-0.4, -0.2) is 59.9 Å². The average Bonchev–Trinajstić information content (AvgIpc) is 3.52. The van der Waals surface area contributed by atoms with Crippen LogP contribution in [0.1, 0.15) is 35.9 Å². The smallest absolute Gasteiger partial charge is 0.287 e. The van der Waals surface area contributed by atoms with Crippen molar-refractivity contribution in [2.45, 2.75) is 25.9 Å². The Bertz CT molecular complexity index is 1130. The van der Waals surface area contributed by atoms with Crippen LogP contribution >= 0.6 is 12.2 Å². The molecule has 0 bridgehead atoms. The summed E-state index contributed by atoms with van der Waals surface area (Å²) < 4.78 is 17.4. The van der Waals surface area contributed by atoms with Crippen LogP contribution in [0.5, 0.6) is 11.5 Å². The van der Waals surface area contributed by atoms with Gasteiger partial charge in [0, 0.05) is 17.5 Å². The molecule has 2 aromatic carbocycles. The Hall–Kier alpha value is -3.14. The highest BCUT2D eigenvalue weighted by atomic mass is 32.1. The average molecular weight is 484 g/mol. The van der Waals surface area contributed by atoms with Gasteiger partial charge in [-0.2, -0.15) is 0 Å². The maximum atomic E-state index is 12.6. The van der Waals surface area contributed by atoms with E-state index < -0.39 is 0 Å². The molecule has 1 atom stereocenters. The Balaban J connectivity index is 1.26. The topological polar surface area (TPSA) is 96.2 Å². The molecule has 0 unspecified atom stereocenters. The standard InChI is InChI=1S/C25H29N3O5S/c1-17(32-20-6-4-18(5-7-20)25(34)27-30)16-26-24(29)23-15-19-14-21(8-9-22(19)33-23)31-13-12-28-10-2-3-11-28/h4-9,14-15,17,30H,2-3,10-13,16H2,1H3,(H,26,29)(H,27,34)/t17-/m1/s1. The van der Waals surface area contributed by atoms with E-state index in [0.717, 1.165) is 30.8 Å². The number of amides is 1. The van der Waals surface area contributed by atoms with Crippen LogP contribution in [0.15, 0.2) is 52.9 Å². The lowest BCUT2D eigenvalue weighted by atomic mass is 10.2. The summed E-state index contributed by atoms with van der Waals surface area (Å²) >= 11 is 4.97. The van der Waals surface area contributed by atoms with Crippen molar-refractivity contribution < 1.29 is 23.9 Å². The first-order valence-electron chi connectivity index (χ1n) is 11.4. The molecule has 180 valence electrons. The lowest BCUT2D eigenvalue weighted by Gasteiger charge is -2.15. The predicted molar refractivity (Wildman–Crippen MR) is 133 cm³/mol. The number of carbonyl (C=O) groups is 1. The Morgan fingerprint density at radius 1 is 1.15 bits per heavy atom. The van der Waals surface area contributed by atoms with Crippen molar-refractivity contribution in [2.24, 2.45) is 0 Å². The van der Waals surface area contributed by atoms with Gasteiger partial charge in [-0.25, -0.2) is 0 Å². The third kappa shape index (κ3) is 6.25. The van der Waals surface area contributed by atoms with Crippen LogP contribution < -0.4 is 20.3 Å². The van der Waals surface area contributed by atoms with E-state index in [1.165, 1.54) is 12.8 Å². The fourth-order valence-electron chi connectivity index (χ4n) is 3.87. The largest absolute Gasteiger partial charge is 0.492 e. The quantitative estimate of drug-likeness (QED) is 0.296. The number of furan rings is 1. The number of hydrogen-bond acceptors (Lipinski definition) is 7. The monoisotopic (exact) mass is 483 g/mol. The van der Waals surface area contributed by atoms with E-state index in [-0.39, 0.29) is 22.8 Å². The molecule has 4 rings (SSSR count). The van der Waals surface area contributed by atoms with Crippen molar-refractivity contribution in [1.82, 2.24) is 15.7 Å². The number of benzene rings is 2. The zero-order valence-electron chi connectivity index (χ0n) is 19.1. The highest BCUT2D eigenvalue weighted by Gasteiger charge is 2.15. The van der Waals surface area contributed by atoms with Crippen LogP contribution in [0.2, 0.25) is 0 Å². The lowest BCUT2D eigenvalue weighted by Crippen LogP contribution is -2.33. The molecule has 2 heterocycles. The molecule has 1 aromatic heterocycles. The fraction of sp³-hybridized carbons (Fsp3) is 0.360. The van der Waals surface area contributed by atoms with Crippen molar-refractivity contribution in [3.63, 3.8) is 0 Å². The van der Waals surface area contributed by atoms with Gasteiger partial charge >= 0.3 is 0 Å². The maximum Gasteiger partial charge on any atom is 0.287 e. The first-order chi connectivity index (χ1) is 16.5. The van der Waals surface area contributed by atoms with Crippen molar-refractivity contribution >= 4 is 34.1 Å². The van der Waals surface area contributed by atoms with E-state index in [0.29, 0.717) is 30.0 Å². The molecule has 0 spiro atoms. The number of rotatable bonds is 10. The molecule has 0 radical (unpaired) electrons. The molecule has 1 saturated heterocycles. The summed E-state index contributed by atoms with van der Waals surface area (Å²) in [6, 6.07) is 14.3. The Morgan fingerprint density at radius 2 is 1.88 bits per heavy atom. The van der Waals surface area contributed by atoms with Gasteiger partial charge in [0.1, 0.15) is 34.8 Å². The second-order valence-electron chi connectivity index (χ2n) is 8.31. The molecule has 0 saturated carbocycles. The van der Waals surface area contributed by atoms with Crippen molar-refractivity contribution in [2.75, 3.05) is 32.8 Å². The number of nitrogens with one attached hydrogen (secondary N) is 2. The SMILES string of the molecule is C[C@H](CNC(=O)c1cc2cc(OCCN3CCCC3)ccc2o1)Oc1ccc(C(=S)NO)cc1. The number of nitrogens with zero attached hydrogens (tertiary/aromatic N) is 1. The number of thiocarbonyl (C=S) groups is 1. The van der Waals surface area contributed by atoms with E-state index >= 15 is 0 Å². The van der Waals surface area contributed by atoms with Gasteiger partial charge in [0.25, 0.3) is 5.91 Å². The van der Waals surface area contributed by atoms with Crippen LogP contribution in [-0.2, 0) is 0 Å². The fourth-order valence-corrected chi connectivity index (χ4v) is 4.00. The zero-order chi connectivity index (χ0) is 23.9. The highest BCUT2D eigenvalue weighted by Crippen LogP contribution is 2.24. The molecule has 3 N–H and O–H groups in total. The van der Waals surface area contributed by atoms with E-state index in [1.807, 2.05) is 30.6 Å². The molecule has 9 heteroatoms. The van der Waals surface area contributed by atoms with E-state index in [9.17, 15) is 4.79 Å². The number of likely N-dealkylation sites (tertiary alicyclic amines) is 1. The summed E-state index contributed by atoms with van der Waals surface area (Å²) in [6.45, 7) is 6.03. The summed E-state index contributed by atoms with van der Waals surface area (Å²) in [4.78, 5) is 15.2. The highest BCUT2D eigenvalue weighted by molar-refractivity contribution is 7.80. The lowest BCUT2D eigenvalue weighted by molar-refractivity contribution is 0.0906. The molecule has 8 nitrogen and oxygen atoms in total. The minimum Gasteiger partial charge on any atom is -0.492 e. The van der Waals surface area contributed by atoms with Gasteiger partial charge in [-0.05, 0) is 81.4 Å². The zero-order valence-corrected chi connectivity index (χ0v) is 19.9. The second-order valence-corrected chi connectivity index (χ2v) is 8.72. The van der Waals surface area contributed by atoms with Gasteiger partial charge < -0.3 is 19.2 Å². The maximum absolute atomic E-state index is 12.6. The van der Waals surface area contributed by atoms with Gasteiger partial charge in [0.15, 0.2) is 5.76 Å². The summed E-state index contributed by atoms with van der Waals surface area (Å²) in [7, 11) is 0. The predicted octanol–water partition coefficient (Wildman–Crippen LogP) is 3.76. The van der Waals surface area contributed by atoms with Crippen LogP contribution in [0.3, 0.4) is 0 Å².